The van der Waals surface area contributed by atoms with Crippen molar-refractivity contribution in [2.45, 2.75) is 13.1 Å². The Kier molecular flexibility index (Phi) is 5.60. The van der Waals surface area contributed by atoms with Gasteiger partial charge in [0.2, 0.25) is 6.79 Å². The average Bonchev–Trinajstić information content (AvgIpc) is 3.35. The maximum absolute atomic E-state index is 12.8. The van der Waals surface area contributed by atoms with Crippen molar-refractivity contribution in [1.82, 2.24) is 14.8 Å². The largest absolute Gasteiger partial charge is 0.507 e. The molecule has 0 aliphatic carbocycles. The van der Waals surface area contributed by atoms with E-state index in [9.17, 15) is 9.90 Å². The van der Waals surface area contributed by atoms with E-state index in [0.717, 1.165) is 49.6 Å². The summed E-state index contributed by atoms with van der Waals surface area (Å²) in [5.41, 5.74) is 2.77. The highest BCUT2D eigenvalue weighted by Gasteiger charge is 2.22. The van der Waals surface area contributed by atoms with Gasteiger partial charge in [0.25, 0.3) is 0 Å². The first-order chi connectivity index (χ1) is 17.1. The lowest BCUT2D eigenvalue weighted by Gasteiger charge is -2.34. The van der Waals surface area contributed by atoms with Crippen molar-refractivity contribution >= 4 is 11.0 Å². The van der Waals surface area contributed by atoms with Crippen LogP contribution in [-0.4, -0.2) is 52.9 Å². The first-order valence-electron chi connectivity index (χ1n) is 11.7. The maximum Gasteiger partial charge on any atom is 0.345 e. The Balaban J connectivity index is 1.17. The van der Waals surface area contributed by atoms with Crippen LogP contribution in [0.2, 0.25) is 0 Å². The third kappa shape index (κ3) is 4.34. The summed E-state index contributed by atoms with van der Waals surface area (Å²) >= 11 is 0. The zero-order valence-corrected chi connectivity index (χ0v) is 19.1. The lowest BCUT2D eigenvalue weighted by atomic mass is 10.1. The summed E-state index contributed by atoms with van der Waals surface area (Å²) in [6.45, 7) is 5.11. The van der Waals surface area contributed by atoms with Crippen molar-refractivity contribution in [3.05, 3.63) is 82.3 Å². The molecule has 4 heterocycles. The van der Waals surface area contributed by atoms with E-state index >= 15 is 0 Å². The van der Waals surface area contributed by atoms with Gasteiger partial charge in [0, 0.05) is 50.9 Å². The van der Waals surface area contributed by atoms with Crippen LogP contribution in [0.1, 0.15) is 11.1 Å². The van der Waals surface area contributed by atoms with Crippen LogP contribution in [0.4, 0.5) is 0 Å². The molecule has 2 aromatic carbocycles. The molecule has 1 fully saturated rings. The van der Waals surface area contributed by atoms with E-state index < -0.39 is 5.63 Å². The Morgan fingerprint density at radius 1 is 0.886 bits per heavy atom. The Bertz CT molecular complexity index is 1430. The summed E-state index contributed by atoms with van der Waals surface area (Å²) in [5.74, 6) is 1.74. The van der Waals surface area contributed by atoms with Crippen molar-refractivity contribution in [3.63, 3.8) is 0 Å². The number of phenols is 1. The van der Waals surface area contributed by atoms with Crippen LogP contribution in [0.15, 0.2) is 70.0 Å². The molecule has 2 aromatic heterocycles. The Morgan fingerprint density at radius 2 is 1.69 bits per heavy atom. The van der Waals surface area contributed by atoms with Gasteiger partial charge in [-0.05, 0) is 48.0 Å². The van der Waals surface area contributed by atoms with E-state index in [-0.39, 0.29) is 12.5 Å². The van der Waals surface area contributed by atoms with Gasteiger partial charge in [-0.1, -0.05) is 12.1 Å². The van der Waals surface area contributed by atoms with Gasteiger partial charge in [-0.15, -0.1) is 0 Å². The minimum atomic E-state index is -0.461. The van der Waals surface area contributed by atoms with E-state index in [1.54, 1.807) is 36.5 Å². The van der Waals surface area contributed by atoms with Crippen LogP contribution in [0.3, 0.4) is 0 Å². The molecule has 1 N–H and O–H groups in total. The fraction of sp³-hybridized carbons (Fsp3) is 0.259. The molecule has 2 aliphatic heterocycles. The third-order valence-electron chi connectivity index (χ3n) is 6.61. The molecular weight excluding hydrogens is 446 g/mol. The number of ether oxygens (including phenoxy) is 2. The average molecular weight is 472 g/mol. The Morgan fingerprint density at radius 3 is 2.49 bits per heavy atom. The predicted octanol–water partition coefficient (Wildman–Crippen LogP) is 3.61. The minimum absolute atomic E-state index is 0.133. The highest BCUT2D eigenvalue weighted by Crippen LogP contribution is 2.33. The highest BCUT2D eigenvalue weighted by atomic mass is 16.7. The van der Waals surface area contributed by atoms with Crippen molar-refractivity contribution in [3.8, 4) is 28.5 Å². The SMILES string of the molecule is O=c1oc2c(CN3CCN(Cc4ccc5c(c4)OCO5)CC3)c(O)ccc2cc1-c1ccccn1. The van der Waals surface area contributed by atoms with Gasteiger partial charge in [0.15, 0.2) is 11.5 Å². The summed E-state index contributed by atoms with van der Waals surface area (Å²) in [6.07, 6.45) is 1.65. The number of phenolic OH excluding ortho intramolecular Hbond substituents is 1. The quantitative estimate of drug-likeness (QED) is 0.442. The van der Waals surface area contributed by atoms with Crippen molar-refractivity contribution in [2.24, 2.45) is 0 Å². The van der Waals surface area contributed by atoms with Crippen LogP contribution in [0.5, 0.6) is 17.2 Å². The third-order valence-corrected chi connectivity index (χ3v) is 6.61. The molecule has 6 rings (SSSR count). The summed E-state index contributed by atoms with van der Waals surface area (Å²) in [4.78, 5) is 21.7. The van der Waals surface area contributed by atoms with E-state index in [1.807, 2.05) is 18.2 Å². The lowest BCUT2D eigenvalue weighted by Crippen LogP contribution is -2.45. The number of aromatic nitrogens is 1. The summed E-state index contributed by atoms with van der Waals surface area (Å²) < 4.78 is 16.6. The molecule has 8 heteroatoms. The smallest absolute Gasteiger partial charge is 0.345 e. The van der Waals surface area contributed by atoms with Crippen molar-refractivity contribution < 1.29 is 19.0 Å². The van der Waals surface area contributed by atoms with Crippen LogP contribution in [0.25, 0.3) is 22.2 Å². The molecule has 0 amide bonds. The first kappa shape index (κ1) is 21.6. The summed E-state index contributed by atoms with van der Waals surface area (Å²) in [5, 5.41) is 11.4. The lowest BCUT2D eigenvalue weighted by molar-refractivity contribution is 0.121. The second-order valence-corrected chi connectivity index (χ2v) is 8.88. The normalized spacial score (nSPS) is 16.1. The number of pyridine rings is 1. The van der Waals surface area contributed by atoms with Crippen LogP contribution >= 0.6 is 0 Å². The molecule has 1 saturated heterocycles. The van der Waals surface area contributed by atoms with Crippen molar-refractivity contribution in [2.75, 3.05) is 33.0 Å². The van der Waals surface area contributed by atoms with Crippen LogP contribution in [-0.2, 0) is 13.1 Å². The zero-order valence-electron chi connectivity index (χ0n) is 19.1. The Labute approximate surface area is 201 Å². The van der Waals surface area contributed by atoms with Gasteiger partial charge in [0.1, 0.15) is 11.3 Å². The molecule has 178 valence electrons. The number of piperazine rings is 1. The maximum atomic E-state index is 12.8. The number of hydrogen-bond acceptors (Lipinski definition) is 8. The van der Waals surface area contributed by atoms with Gasteiger partial charge in [-0.2, -0.15) is 0 Å². The standard InChI is InChI=1S/C27H25N3O5/c31-23-6-5-19-14-20(22-3-1-2-8-28-22)27(32)35-26(19)21(23)16-30-11-9-29(10-12-30)15-18-4-7-24-25(13-18)34-17-33-24/h1-8,13-14,31H,9-12,15-17H2. The minimum Gasteiger partial charge on any atom is -0.507 e. The molecule has 0 unspecified atom stereocenters. The molecule has 0 saturated carbocycles. The number of fused-ring (bicyclic) bond motifs is 2. The predicted molar refractivity (Wildman–Crippen MR) is 130 cm³/mol. The van der Waals surface area contributed by atoms with Gasteiger partial charge < -0.3 is 19.0 Å². The molecule has 35 heavy (non-hydrogen) atoms. The van der Waals surface area contributed by atoms with Gasteiger partial charge in [-0.25, -0.2) is 4.79 Å². The monoisotopic (exact) mass is 471 g/mol. The van der Waals surface area contributed by atoms with E-state index in [4.69, 9.17) is 13.9 Å². The first-order valence-corrected chi connectivity index (χ1v) is 11.7. The molecule has 4 aromatic rings. The molecule has 0 atom stereocenters. The number of nitrogens with zero attached hydrogens (tertiary/aromatic N) is 3. The molecule has 0 radical (unpaired) electrons. The fourth-order valence-electron chi connectivity index (χ4n) is 4.71. The summed E-state index contributed by atoms with van der Waals surface area (Å²) in [7, 11) is 0. The molecular formula is C27H25N3O5. The van der Waals surface area contributed by atoms with Gasteiger partial charge in [-0.3, -0.25) is 14.8 Å². The van der Waals surface area contributed by atoms with Crippen LogP contribution < -0.4 is 15.1 Å². The van der Waals surface area contributed by atoms with E-state index in [1.165, 1.54) is 5.56 Å². The molecule has 0 spiro atoms. The van der Waals surface area contributed by atoms with Gasteiger partial charge in [0.05, 0.1) is 16.8 Å². The number of rotatable bonds is 5. The Hall–Kier alpha value is -3.88. The fourth-order valence-corrected chi connectivity index (χ4v) is 4.71. The van der Waals surface area contributed by atoms with E-state index in [2.05, 4.69) is 20.9 Å². The number of aromatic hydroxyl groups is 1. The van der Waals surface area contributed by atoms with Crippen molar-refractivity contribution in [1.29, 1.82) is 0 Å². The zero-order chi connectivity index (χ0) is 23.8. The topological polar surface area (TPSA) is 88.3 Å². The summed E-state index contributed by atoms with van der Waals surface area (Å²) in [6, 6.07) is 16.7. The van der Waals surface area contributed by atoms with Gasteiger partial charge >= 0.3 is 5.63 Å². The molecule has 8 nitrogen and oxygen atoms in total. The van der Waals surface area contributed by atoms with E-state index in [0.29, 0.717) is 28.9 Å². The highest BCUT2D eigenvalue weighted by molar-refractivity contribution is 5.85. The number of hydrogen-bond donors (Lipinski definition) is 1. The second-order valence-electron chi connectivity index (χ2n) is 8.88. The second kappa shape index (κ2) is 9.05. The molecule has 0 bridgehead atoms. The number of benzene rings is 2. The van der Waals surface area contributed by atoms with Crippen LogP contribution in [0, 0.1) is 0 Å². The molecule has 2 aliphatic rings.